The molecule has 0 radical (unpaired) electrons. The molecule has 3 nitrogen and oxygen atoms in total. The molecule has 12 aromatic carbocycles. The Morgan fingerprint density at radius 1 is 0.409 bits per heavy atom. The van der Waals surface area contributed by atoms with Crippen LogP contribution in [-0.2, 0) is 5.41 Å². The first-order valence-corrected chi connectivity index (χ1v) is 33.4. The molecule has 1 unspecified atom stereocenters. The largest absolute Gasteiger partial charge is 0.493 e. The van der Waals surface area contributed by atoms with Crippen molar-refractivity contribution in [3.63, 3.8) is 0 Å². The topological polar surface area (TPSA) is 17.4 Å². The minimum Gasteiger partial charge on any atom is -0.493 e. The average molecular weight is 1160 g/mol. The van der Waals surface area contributed by atoms with Crippen LogP contribution in [0.4, 0.5) is 17.1 Å². The quantitative estimate of drug-likeness (QED) is 0.0803. The van der Waals surface area contributed by atoms with Gasteiger partial charge in [-0.3, -0.25) is 0 Å². The van der Waals surface area contributed by atoms with Gasteiger partial charge in [0.1, 0.15) is 5.75 Å². The van der Waals surface area contributed by atoms with Gasteiger partial charge >= 0.3 is 0 Å². The molecular formula is C84H70N2OS. The summed E-state index contributed by atoms with van der Waals surface area (Å²) >= 11 is 0. The predicted octanol–water partition coefficient (Wildman–Crippen LogP) is 22.4. The van der Waals surface area contributed by atoms with Gasteiger partial charge in [0.2, 0.25) is 0 Å². The van der Waals surface area contributed by atoms with Crippen molar-refractivity contribution in [1.82, 2.24) is 4.57 Å². The normalized spacial score (nSPS) is 13.7. The summed E-state index contributed by atoms with van der Waals surface area (Å²) in [7, 11) is -0.997. The third-order valence-electron chi connectivity index (χ3n) is 18.1. The van der Waals surface area contributed by atoms with Crippen LogP contribution in [0.2, 0.25) is 0 Å². The Labute approximate surface area is 520 Å². The molecule has 1 aliphatic carbocycles. The summed E-state index contributed by atoms with van der Waals surface area (Å²) in [6.07, 6.45) is 10.8. The summed E-state index contributed by atoms with van der Waals surface area (Å²) in [5.41, 5.74) is 24.8. The third-order valence-corrected chi connectivity index (χ3v) is 20.8. The Balaban J connectivity index is 0.803. The van der Waals surface area contributed by atoms with Gasteiger partial charge in [0.05, 0.1) is 17.6 Å². The van der Waals surface area contributed by atoms with Gasteiger partial charge in [0, 0.05) is 44.7 Å². The molecule has 0 spiro atoms. The van der Waals surface area contributed by atoms with E-state index in [0.717, 1.165) is 69.5 Å². The summed E-state index contributed by atoms with van der Waals surface area (Å²) in [4.78, 5) is 2.46. The van der Waals surface area contributed by atoms with Crippen molar-refractivity contribution in [3.05, 3.63) is 332 Å². The average Bonchev–Trinajstić information content (AvgIpc) is 1.57. The zero-order valence-electron chi connectivity index (χ0n) is 50.0. The lowest BCUT2D eigenvalue weighted by Gasteiger charge is -2.37. The Morgan fingerprint density at radius 3 is 1.41 bits per heavy atom. The van der Waals surface area contributed by atoms with E-state index in [1.807, 2.05) is 12.2 Å². The van der Waals surface area contributed by atoms with Crippen LogP contribution in [0.1, 0.15) is 40.7 Å². The van der Waals surface area contributed by atoms with E-state index in [1.54, 1.807) is 0 Å². The minimum absolute atomic E-state index is 0.366. The van der Waals surface area contributed by atoms with Crippen LogP contribution in [0.3, 0.4) is 0 Å². The number of rotatable bonds is 19. The Kier molecular flexibility index (Phi) is 15.2. The summed E-state index contributed by atoms with van der Waals surface area (Å²) in [6, 6.07) is 107. The number of hydrogen-bond donors (Lipinski definition) is 0. The second kappa shape index (κ2) is 24.0. The molecule has 1 aliphatic rings. The highest BCUT2D eigenvalue weighted by Gasteiger charge is 2.44. The van der Waals surface area contributed by atoms with Crippen LogP contribution in [0.5, 0.6) is 5.75 Å². The zero-order chi connectivity index (χ0) is 59.6. The van der Waals surface area contributed by atoms with E-state index < -0.39 is 10.0 Å². The van der Waals surface area contributed by atoms with Gasteiger partial charge in [-0.15, -0.1) is 0 Å². The molecule has 4 heteroatoms. The Hall–Kier alpha value is -10.1. The van der Waals surface area contributed by atoms with E-state index in [4.69, 9.17) is 4.74 Å². The van der Waals surface area contributed by atoms with Gasteiger partial charge in [-0.1, -0.05) is 232 Å². The minimum atomic E-state index is -0.997. The lowest BCUT2D eigenvalue weighted by Crippen LogP contribution is -2.28. The molecule has 0 amide bonds. The van der Waals surface area contributed by atoms with Crippen molar-refractivity contribution < 1.29 is 4.74 Å². The van der Waals surface area contributed by atoms with Crippen molar-refractivity contribution >= 4 is 61.0 Å². The second-order valence-electron chi connectivity index (χ2n) is 23.8. The van der Waals surface area contributed by atoms with E-state index in [0.29, 0.717) is 6.61 Å². The monoisotopic (exact) mass is 1150 g/mol. The SMILES string of the molecule is C=Cc1ccc(-c2ccc(OCCS(C)(C)CCCC3(c4ccccc4)c4ccccc4-c4ccc(N(c5ccc(-c6ccccc6)cc5)c5ccc(-c6ccc7c(c6)c6cc(-c8ccc(C=C)cc8)ccc6n7-c6ccccc6)cc5)cc43)cc2)cc1. The van der Waals surface area contributed by atoms with Gasteiger partial charge in [-0.25, -0.2) is 10.0 Å². The summed E-state index contributed by atoms with van der Waals surface area (Å²) < 4.78 is 8.86. The summed E-state index contributed by atoms with van der Waals surface area (Å²) in [5.74, 6) is 3.09. The van der Waals surface area contributed by atoms with Crippen molar-refractivity contribution in [1.29, 1.82) is 0 Å². The molecule has 13 aromatic rings. The van der Waals surface area contributed by atoms with E-state index in [1.165, 1.54) is 88.6 Å². The molecule has 0 bridgehead atoms. The van der Waals surface area contributed by atoms with Crippen molar-refractivity contribution in [3.8, 4) is 67.1 Å². The molecule has 0 fully saturated rings. The molecule has 1 atom stereocenters. The number of nitrogens with zero attached hydrogens (tertiary/aromatic N) is 2. The number of hydrogen-bond acceptors (Lipinski definition) is 2. The summed E-state index contributed by atoms with van der Waals surface area (Å²) in [6.45, 7) is 8.58. The third kappa shape index (κ3) is 10.8. The number of fused-ring (bicyclic) bond motifs is 6. The summed E-state index contributed by atoms with van der Waals surface area (Å²) in [5, 5.41) is 2.44. The molecule has 1 aromatic heterocycles. The molecule has 428 valence electrons. The van der Waals surface area contributed by atoms with Gasteiger partial charge in [-0.05, 0) is 199 Å². The maximum atomic E-state index is 6.46. The fraction of sp³-hybridized carbons (Fsp3) is 0.0952. The van der Waals surface area contributed by atoms with Crippen LogP contribution in [0.25, 0.3) is 95.3 Å². The smallest absolute Gasteiger partial charge is 0.119 e. The maximum absolute atomic E-state index is 6.46. The second-order valence-corrected chi connectivity index (χ2v) is 28.1. The van der Waals surface area contributed by atoms with E-state index in [-0.39, 0.29) is 5.41 Å². The number of aromatic nitrogens is 1. The molecule has 0 saturated heterocycles. The molecular weight excluding hydrogens is 1090 g/mol. The van der Waals surface area contributed by atoms with Crippen LogP contribution >= 0.6 is 10.0 Å². The van der Waals surface area contributed by atoms with Gasteiger partial charge < -0.3 is 14.2 Å². The fourth-order valence-electron chi connectivity index (χ4n) is 13.4. The van der Waals surface area contributed by atoms with Crippen LogP contribution in [0.15, 0.2) is 304 Å². The molecule has 14 rings (SSSR count). The van der Waals surface area contributed by atoms with Crippen LogP contribution < -0.4 is 9.64 Å². The zero-order valence-corrected chi connectivity index (χ0v) is 50.8. The van der Waals surface area contributed by atoms with E-state index in [9.17, 15) is 0 Å². The van der Waals surface area contributed by atoms with E-state index in [2.05, 4.69) is 326 Å². The maximum Gasteiger partial charge on any atom is 0.119 e. The van der Waals surface area contributed by atoms with Gasteiger partial charge in [0.25, 0.3) is 0 Å². The Bertz CT molecular complexity index is 4630. The highest BCUT2D eigenvalue weighted by molar-refractivity contribution is 8.32. The first-order valence-electron chi connectivity index (χ1n) is 30.6. The van der Waals surface area contributed by atoms with E-state index >= 15 is 0 Å². The van der Waals surface area contributed by atoms with Gasteiger partial charge in [-0.2, -0.15) is 0 Å². The van der Waals surface area contributed by atoms with Crippen LogP contribution in [0, 0.1) is 0 Å². The first-order chi connectivity index (χ1) is 43.2. The van der Waals surface area contributed by atoms with Crippen LogP contribution in [-0.4, -0.2) is 35.2 Å². The lowest BCUT2D eigenvalue weighted by atomic mass is 9.69. The van der Waals surface area contributed by atoms with Crippen molar-refractivity contribution in [2.45, 2.75) is 18.3 Å². The number of ether oxygens (including phenoxy) is 1. The highest BCUT2D eigenvalue weighted by atomic mass is 32.3. The Morgan fingerprint density at radius 2 is 0.852 bits per heavy atom. The standard InChI is InChI=1S/C84H70N2OS/c1-5-60-27-31-63(32-28-60)65-39-48-75(49-40-65)87-54-56-88(3,4)55-18-53-84(70-21-12-8-13-22-70)80-26-17-16-25-76(80)77-50-47-74(59-81(77)84)85(72-43-35-64(36-44-72)62-19-10-7-11-20-62)73-45-37-67(38-46-73)69-42-52-83-79(58-69)78-57-68(66-33-29-61(6-2)30-34-66)41-51-82(78)86(83)71-23-14-9-15-24-71/h5-17,19-52,57-59H,1-2,18,53-56H2,3-4H3. The number of para-hydroxylation sites is 1. The fourth-order valence-corrected chi connectivity index (χ4v) is 15.1. The van der Waals surface area contributed by atoms with Gasteiger partial charge in [0.15, 0.2) is 0 Å². The number of benzene rings is 12. The molecule has 0 aliphatic heterocycles. The lowest BCUT2D eigenvalue weighted by molar-refractivity contribution is 0.343. The molecule has 0 saturated carbocycles. The van der Waals surface area contributed by atoms with Crippen molar-refractivity contribution in [2.24, 2.45) is 0 Å². The first kappa shape index (κ1) is 55.7. The number of anilines is 3. The predicted molar refractivity (Wildman–Crippen MR) is 379 cm³/mol. The molecule has 0 N–H and O–H groups in total. The highest BCUT2D eigenvalue weighted by Crippen LogP contribution is 2.57. The molecule has 88 heavy (non-hydrogen) atoms. The molecule has 1 heterocycles. The van der Waals surface area contributed by atoms with Crippen molar-refractivity contribution in [2.75, 3.05) is 35.5 Å².